The van der Waals surface area contributed by atoms with Crippen molar-refractivity contribution >= 4 is 23.7 Å². The van der Waals surface area contributed by atoms with Gasteiger partial charge in [0.15, 0.2) is 0 Å². The zero-order chi connectivity index (χ0) is 27.1. The molecule has 11 heteroatoms. The van der Waals surface area contributed by atoms with Crippen molar-refractivity contribution in [2.75, 3.05) is 43.4 Å². The molecule has 2 heterocycles. The first-order chi connectivity index (χ1) is 17.5. The van der Waals surface area contributed by atoms with Crippen LogP contribution in [0.5, 0.6) is 0 Å². The predicted molar refractivity (Wildman–Crippen MR) is 160 cm³/mol. The van der Waals surface area contributed by atoms with Crippen LogP contribution in [0.1, 0.15) is 81.1 Å². The molecule has 4 atom stereocenters. The van der Waals surface area contributed by atoms with E-state index in [9.17, 15) is 18.0 Å². The van der Waals surface area contributed by atoms with Gasteiger partial charge in [-0.2, -0.15) is 13.2 Å². The quantitative estimate of drug-likeness (QED) is 0.420. The van der Waals surface area contributed by atoms with Crippen LogP contribution in [0.4, 0.5) is 19.0 Å². The third-order valence-corrected chi connectivity index (χ3v) is 11.2. The summed E-state index contributed by atoms with van der Waals surface area (Å²) in [6, 6.07) is 2.61. The van der Waals surface area contributed by atoms with E-state index < -0.39 is 11.7 Å². The van der Waals surface area contributed by atoms with Crippen LogP contribution in [0.3, 0.4) is 0 Å². The van der Waals surface area contributed by atoms with E-state index in [-0.39, 0.29) is 31.1 Å². The highest BCUT2D eigenvalue weighted by Crippen LogP contribution is 2.92. The first kappa shape index (κ1) is 36.5. The Morgan fingerprint density at radius 1 is 1.15 bits per heavy atom. The number of hydrogen-bond donors (Lipinski definition) is 1. The SMILES string of the molecule is C.CC.CCNC(=O)CC1C[C@@H]2C(C)(C)C23CC[C@@]13CSN1CCCN(c2ccc(C(F)(F)F)cn2)CC1.O.O.[HH]. The maximum absolute atomic E-state index is 12.9. The van der Waals surface area contributed by atoms with Gasteiger partial charge in [-0.1, -0.05) is 47.1 Å². The number of amides is 1. The molecule has 40 heavy (non-hydrogen) atoms. The maximum Gasteiger partial charge on any atom is 0.417 e. The zero-order valence-corrected chi connectivity index (χ0v) is 24.8. The number of halogens is 3. The van der Waals surface area contributed by atoms with Gasteiger partial charge < -0.3 is 21.2 Å². The summed E-state index contributed by atoms with van der Waals surface area (Å²) in [5.74, 6) is 3.08. The van der Waals surface area contributed by atoms with E-state index in [1.165, 1.54) is 25.3 Å². The lowest BCUT2D eigenvalue weighted by Gasteiger charge is -2.55. The van der Waals surface area contributed by atoms with Crippen molar-refractivity contribution in [2.45, 2.75) is 80.3 Å². The van der Waals surface area contributed by atoms with Gasteiger partial charge in [0.2, 0.25) is 5.91 Å². The van der Waals surface area contributed by atoms with Crippen molar-refractivity contribution in [2.24, 2.45) is 28.1 Å². The fourth-order valence-electron chi connectivity index (χ4n) is 8.03. The van der Waals surface area contributed by atoms with E-state index in [4.69, 9.17) is 0 Å². The molecule has 1 aromatic rings. The van der Waals surface area contributed by atoms with Crippen molar-refractivity contribution in [3.8, 4) is 0 Å². The fourth-order valence-corrected chi connectivity index (χ4v) is 9.55. The minimum absolute atomic E-state index is 0. The molecule has 1 aliphatic heterocycles. The number of pyridine rings is 1. The van der Waals surface area contributed by atoms with Crippen molar-refractivity contribution in [3.63, 3.8) is 0 Å². The average molecular weight is 595 g/mol. The minimum Gasteiger partial charge on any atom is -0.412 e. The van der Waals surface area contributed by atoms with Crippen LogP contribution in [-0.2, 0) is 11.0 Å². The topological polar surface area (TPSA) is 111 Å². The van der Waals surface area contributed by atoms with E-state index in [2.05, 4.69) is 33.4 Å². The van der Waals surface area contributed by atoms with Crippen LogP contribution in [-0.4, -0.2) is 64.6 Å². The predicted octanol–water partition coefficient (Wildman–Crippen LogP) is 5.49. The van der Waals surface area contributed by atoms with Crippen molar-refractivity contribution in [3.05, 3.63) is 23.9 Å². The van der Waals surface area contributed by atoms with Gasteiger partial charge in [0, 0.05) is 52.5 Å². The Balaban J connectivity index is 0.00000261. The summed E-state index contributed by atoms with van der Waals surface area (Å²) in [5, 5.41) is 3.01. The third-order valence-electron chi connectivity index (χ3n) is 9.85. The molecule has 1 aromatic heterocycles. The summed E-state index contributed by atoms with van der Waals surface area (Å²) in [6.45, 7) is 14.9. The average Bonchev–Trinajstić information content (AvgIpc) is 3.40. The van der Waals surface area contributed by atoms with Crippen LogP contribution >= 0.6 is 11.9 Å². The zero-order valence-electron chi connectivity index (χ0n) is 24.0. The van der Waals surface area contributed by atoms with E-state index in [0.29, 0.717) is 35.5 Å². The van der Waals surface area contributed by atoms with Crippen molar-refractivity contribution in [1.29, 1.82) is 0 Å². The molecule has 3 saturated carbocycles. The molecule has 1 amide bonds. The Kier molecular flexibility index (Phi) is 12.4. The molecule has 1 spiro atoms. The highest BCUT2D eigenvalue weighted by molar-refractivity contribution is 7.97. The molecular formula is C29H53F3N4O3S. The molecular weight excluding hydrogens is 541 g/mol. The Morgan fingerprint density at radius 2 is 1.85 bits per heavy atom. The smallest absolute Gasteiger partial charge is 0.412 e. The Bertz CT molecular complexity index is 972. The Morgan fingerprint density at radius 3 is 2.40 bits per heavy atom. The molecule has 234 valence electrons. The van der Waals surface area contributed by atoms with Gasteiger partial charge in [-0.15, -0.1) is 0 Å². The van der Waals surface area contributed by atoms with Gasteiger partial charge in [0.05, 0.1) is 5.56 Å². The molecule has 4 fully saturated rings. The second-order valence-corrected chi connectivity index (χ2v) is 12.5. The lowest BCUT2D eigenvalue weighted by molar-refractivity contribution is -0.137. The van der Waals surface area contributed by atoms with Crippen LogP contribution in [0, 0.1) is 28.1 Å². The summed E-state index contributed by atoms with van der Waals surface area (Å²) in [7, 11) is 0. The molecule has 5 N–H and O–H groups in total. The summed E-state index contributed by atoms with van der Waals surface area (Å²) >= 11 is 1.94. The normalized spacial score (nSPS) is 29.9. The van der Waals surface area contributed by atoms with Crippen molar-refractivity contribution in [1.82, 2.24) is 14.6 Å². The Labute approximate surface area is 244 Å². The lowest BCUT2D eigenvalue weighted by atomic mass is 9.51. The lowest BCUT2D eigenvalue weighted by Crippen LogP contribution is -2.51. The molecule has 0 radical (unpaired) electrons. The van der Waals surface area contributed by atoms with Gasteiger partial charge in [0.1, 0.15) is 5.82 Å². The first-order valence-corrected chi connectivity index (χ1v) is 14.9. The number of nitrogens with one attached hydrogen (secondary N) is 1. The number of anilines is 1. The number of aromatic nitrogens is 1. The monoisotopic (exact) mass is 594 g/mol. The van der Waals surface area contributed by atoms with E-state index in [1.54, 1.807) is 0 Å². The number of carbonyl (C=O) groups excluding carboxylic acids is 1. The van der Waals surface area contributed by atoms with E-state index in [0.717, 1.165) is 56.5 Å². The molecule has 0 bridgehead atoms. The summed E-state index contributed by atoms with van der Waals surface area (Å²) in [4.78, 5) is 18.7. The molecule has 0 aromatic carbocycles. The van der Waals surface area contributed by atoms with Gasteiger partial charge in [-0.05, 0) is 72.8 Å². The summed E-state index contributed by atoms with van der Waals surface area (Å²) in [6.07, 6.45) is 1.87. The van der Waals surface area contributed by atoms with Crippen LogP contribution in [0.25, 0.3) is 0 Å². The van der Waals surface area contributed by atoms with Crippen LogP contribution in [0.15, 0.2) is 18.3 Å². The standard InChI is InChI=1S/C26H37F3N4OS.C2H6.CH4.2H2O.H2/c1-4-30-22(34)15-19-14-20-23(2,3)25(20)9-8-24(19,25)17-35-33-11-5-10-32(12-13-33)21-7-6-18(16-31-21)26(27,28)29;1-2;;;;/h6-7,16,19-20H,4-5,8-15,17H2,1-3H3,(H,30,34);1-2H3;1H4;2*1H2;1H/t19?,20-,24-,25?;;;;;/m1...../s1. The van der Waals surface area contributed by atoms with E-state index in [1.807, 2.05) is 32.7 Å². The molecule has 4 aliphatic rings. The number of alkyl halides is 3. The molecule has 3 aliphatic carbocycles. The third kappa shape index (κ3) is 5.99. The number of rotatable bonds is 7. The van der Waals surface area contributed by atoms with Gasteiger partial charge >= 0.3 is 6.18 Å². The molecule has 5 rings (SSSR count). The molecule has 2 unspecified atom stereocenters. The van der Waals surface area contributed by atoms with Crippen molar-refractivity contribution < 1.29 is 30.3 Å². The fraction of sp³-hybridized carbons (Fsp3) is 0.793. The van der Waals surface area contributed by atoms with Gasteiger partial charge in [-0.3, -0.25) is 4.79 Å². The molecule has 7 nitrogen and oxygen atoms in total. The Hall–Kier alpha value is -1.56. The minimum atomic E-state index is -4.36. The largest absolute Gasteiger partial charge is 0.417 e. The number of carbonyl (C=O) groups is 1. The van der Waals surface area contributed by atoms with Gasteiger partial charge in [0.25, 0.3) is 0 Å². The second-order valence-electron chi connectivity index (χ2n) is 11.4. The highest BCUT2D eigenvalue weighted by atomic mass is 32.2. The van der Waals surface area contributed by atoms with Crippen LogP contribution in [0.2, 0.25) is 0 Å². The second kappa shape index (κ2) is 13.6. The number of nitrogens with zero attached hydrogens (tertiary/aromatic N) is 3. The summed E-state index contributed by atoms with van der Waals surface area (Å²) < 4.78 is 41.1. The maximum atomic E-state index is 12.9. The number of hydrogen-bond acceptors (Lipinski definition) is 5. The van der Waals surface area contributed by atoms with E-state index >= 15 is 0 Å². The molecule has 1 saturated heterocycles. The van der Waals surface area contributed by atoms with Gasteiger partial charge in [-0.25, -0.2) is 9.29 Å². The first-order valence-electron chi connectivity index (χ1n) is 14.0. The highest BCUT2D eigenvalue weighted by Gasteiger charge is 2.87. The summed E-state index contributed by atoms with van der Waals surface area (Å²) in [5.41, 5.74) is 0.333. The van der Waals surface area contributed by atoms with Crippen LogP contribution < -0.4 is 10.2 Å².